The quantitative estimate of drug-likeness (QED) is 0.242. The SMILES string of the molecule is CCc1c(F)ccc2c(Br)c(O)cc(-c3ncc4c(N5C[C@@H]6C[C@H](C5)[C@H](O)C6)nc(OC[C@@]56CCCN5C[C@H](F)C6)nc4c3F)c12. The summed E-state index contributed by atoms with van der Waals surface area (Å²) < 4.78 is 53.1. The Morgan fingerprint density at radius 3 is 2.78 bits per heavy atom. The summed E-state index contributed by atoms with van der Waals surface area (Å²) in [5.74, 6) is -0.469. The number of aryl methyl sites for hydroxylation is 1. The number of aliphatic hydroxyl groups excluding tert-OH is 1. The molecule has 2 bridgehead atoms. The van der Waals surface area contributed by atoms with E-state index in [4.69, 9.17) is 9.72 Å². The number of rotatable bonds is 6. The third-order valence-electron chi connectivity index (χ3n) is 10.7. The molecule has 46 heavy (non-hydrogen) atoms. The number of benzene rings is 2. The molecular formula is C34H35BrF3N5O3. The molecule has 8 nitrogen and oxygen atoms in total. The predicted octanol–water partition coefficient (Wildman–Crippen LogP) is 6.32. The third kappa shape index (κ3) is 4.73. The van der Waals surface area contributed by atoms with Crippen molar-refractivity contribution in [3.8, 4) is 23.0 Å². The number of piperidine rings is 1. The van der Waals surface area contributed by atoms with Gasteiger partial charge in [-0.3, -0.25) is 9.88 Å². The number of anilines is 1. The Bertz CT molecular complexity index is 1880. The maximum absolute atomic E-state index is 16.9. The third-order valence-corrected chi connectivity index (χ3v) is 11.6. The molecule has 5 atom stereocenters. The van der Waals surface area contributed by atoms with Gasteiger partial charge in [-0.1, -0.05) is 13.0 Å². The van der Waals surface area contributed by atoms with E-state index in [0.29, 0.717) is 70.9 Å². The van der Waals surface area contributed by atoms with Gasteiger partial charge in [0.25, 0.3) is 0 Å². The molecule has 4 fully saturated rings. The maximum Gasteiger partial charge on any atom is 0.319 e. The first kappa shape index (κ1) is 30.1. The Morgan fingerprint density at radius 1 is 1.13 bits per heavy atom. The molecule has 0 amide bonds. The fraction of sp³-hybridized carbons (Fsp3) is 0.500. The predicted molar refractivity (Wildman–Crippen MR) is 172 cm³/mol. The minimum absolute atomic E-state index is 0.00986. The molecule has 3 saturated heterocycles. The van der Waals surface area contributed by atoms with E-state index in [1.54, 1.807) is 6.07 Å². The molecule has 2 aromatic heterocycles. The van der Waals surface area contributed by atoms with Gasteiger partial charge in [0.1, 0.15) is 41.4 Å². The fourth-order valence-electron chi connectivity index (χ4n) is 8.62. The number of fused-ring (bicyclic) bond motifs is 5. The van der Waals surface area contributed by atoms with Gasteiger partial charge in [-0.25, -0.2) is 13.2 Å². The largest absolute Gasteiger partial charge is 0.507 e. The fourth-order valence-corrected chi connectivity index (χ4v) is 9.07. The molecule has 1 saturated carbocycles. The molecule has 12 heteroatoms. The van der Waals surface area contributed by atoms with Gasteiger partial charge in [0.15, 0.2) is 5.82 Å². The normalized spacial score (nSPS) is 27.7. The minimum Gasteiger partial charge on any atom is -0.507 e. The van der Waals surface area contributed by atoms with Crippen molar-refractivity contribution < 1.29 is 28.1 Å². The monoisotopic (exact) mass is 697 g/mol. The van der Waals surface area contributed by atoms with Gasteiger partial charge in [-0.2, -0.15) is 9.97 Å². The van der Waals surface area contributed by atoms with Gasteiger partial charge in [0.2, 0.25) is 0 Å². The van der Waals surface area contributed by atoms with Crippen LogP contribution >= 0.6 is 15.9 Å². The van der Waals surface area contributed by atoms with Crippen LogP contribution in [0.2, 0.25) is 0 Å². The highest BCUT2D eigenvalue weighted by molar-refractivity contribution is 9.10. The average Bonchev–Trinajstić information content (AvgIpc) is 3.65. The lowest BCUT2D eigenvalue weighted by atomic mass is 9.94. The summed E-state index contributed by atoms with van der Waals surface area (Å²) in [6, 6.07) is 4.28. The van der Waals surface area contributed by atoms with Crippen molar-refractivity contribution in [2.45, 2.75) is 63.3 Å². The van der Waals surface area contributed by atoms with Gasteiger partial charge in [-0.05, 0) is 83.6 Å². The van der Waals surface area contributed by atoms with E-state index >= 15 is 8.78 Å². The van der Waals surface area contributed by atoms with Gasteiger partial charge >= 0.3 is 6.01 Å². The van der Waals surface area contributed by atoms with Crippen molar-refractivity contribution in [2.24, 2.45) is 11.8 Å². The molecule has 242 valence electrons. The number of nitrogens with zero attached hydrogens (tertiary/aromatic N) is 5. The molecule has 1 aliphatic carbocycles. The minimum atomic E-state index is -0.923. The zero-order valence-electron chi connectivity index (χ0n) is 25.4. The topological polar surface area (TPSA) is 94.8 Å². The van der Waals surface area contributed by atoms with Crippen molar-refractivity contribution in [1.82, 2.24) is 19.9 Å². The van der Waals surface area contributed by atoms with Gasteiger partial charge in [0, 0.05) is 49.1 Å². The molecule has 2 aromatic carbocycles. The molecule has 0 unspecified atom stereocenters. The number of aliphatic hydroxyl groups is 1. The molecular weight excluding hydrogens is 663 g/mol. The lowest BCUT2D eigenvalue weighted by Crippen LogP contribution is -2.43. The molecule has 0 spiro atoms. The number of hydrogen-bond acceptors (Lipinski definition) is 8. The summed E-state index contributed by atoms with van der Waals surface area (Å²) in [4.78, 5) is 18.1. The van der Waals surface area contributed by atoms with Crippen LogP contribution in [0.3, 0.4) is 0 Å². The van der Waals surface area contributed by atoms with Crippen LogP contribution < -0.4 is 9.64 Å². The number of phenols is 1. The maximum atomic E-state index is 16.9. The standard InChI is InChI=1S/C34H35BrF3N5O3/c1-2-20-24(37)5-4-21-27(20)22(10-26(45)28(21)35)30-29(38)31-23(12-39-30)32(42-13-17-8-18(14-42)25(44)9-17)41-33(40-31)46-16-34-6-3-7-43(34)15-19(36)11-34/h4-5,10,12,17-19,25,44-45H,2-3,6-9,11,13-16H2,1H3/t17-,18-,19-,25-,34+/m1/s1. The Labute approximate surface area is 272 Å². The first-order chi connectivity index (χ1) is 22.2. The molecule has 0 radical (unpaired) electrons. The molecule has 2 N–H and O–H groups in total. The van der Waals surface area contributed by atoms with Gasteiger partial charge in [0.05, 0.1) is 21.5 Å². The Balaban J connectivity index is 1.28. The Kier molecular flexibility index (Phi) is 7.33. The molecule has 5 heterocycles. The highest BCUT2D eigenvalue weighted by atomic mass is 79.9. The van der Waals surface area contributed by atoms with Crippen LogP contribution in [0.1, 0.15) is 44.6 Å². The number of alkyl halides is 1. The van der Waals surface area contributed by atoms with E-state index in [-0.39, 0.29) is 47.0 Å². The summed E-state index contributed by atoms with van der Waals surface area (Å²) in [6.07, 6.45) is 4.33. The van der Waals surface area contributed by atoms with Crippen LogP contribution in [-0.4, -0.2) is 80.7 Å². The van der Waals surface area contributed by atoms with Gasteiger partial charge in [-0.15, -0.1) is 0 Å². The van der Waals surface area contributed by atoms with Crippen LogP contribution in [0.4, 0.5) is 19.0 Å². The highest BCUT2D eigenvalue weighted by Gasteiger charge is 2.49. The van der Waals surface area contributed by atoms with Crippen LogP contribution in [0.5, 0.6) is 11.8 Å². The lowest BCUT2D eigenvalue weighted by molar-refractivity contribution is 0.107. The number of hydrogen-bond donors (Lipinski definition) is 2. The lowest BCUT2D eigenvalue weighted by Gasteiger charge is -2.34. The van der Waals surface area contributed by atoms with Gasteiger partial charge < -0.3 is 19.8 Å². The summed E-state index contributed by atoms with van der Waals surface area (Å²) in [5.41, 5.74) is 0.0925. The summed E-state index contributed by atoms with van der Waals surface area (Å²) in [7, 11) is 0. The van der Waals surface area contributed by atoms with Crippen LogP contribution in [-0.2, 0) is 6.42 Å². The van der Waals surface area contributed by atoms with E-state index in [0.717, 1.165) is 25.8 Å². The van der Waals surface area contributed by atoms with E-state index in [1.807, 2.05) is 6.92 Å². The molecule has 8 rings (SSSR count). The highest BCUT2D eigenvalue weighted by Crippen LogP contribution is 2.45. The summed E-state index contributed by atoms with van der Waals surface area (Å²) >= 11 is 3.41. The Morgan fingerprint density at radius 2 is 1.98 bits per heavy atom. The zero-order chi connectivity index (χ0) is 31.9. The van der Waals surface area contributed by atoms with Crippen molar-refractivity contribution in [2.75, 3.05) is 37.7 Å². The Hall–Kier alpha value is -3.22. The van der Waals surface area contributed by atoms with E-state index < -0.39 is 29.4 Å². The van der Waals surface area contributed by atoms with E-state index in [2.05, 4.69) is 35.7 Å². The molecule has 4 aliphatic rings. The number of ether oxygens (including phenoxy) is 1. The van der Waals surface area contributed by atoms with Crippen molar-refractivity contribution in [3.63, 3.8) is 0 Å². The summed E-state index contributed by atoms with van der Waals surface area (Å²) in [5, 5.41) is 22.8. The second-order valence-electron chi connectivity index (χ2n) is 13.5. The molecule has 4 aromatic rings. The first-order valence-corrected chi connectivity index (χ1v) is 16.9. The second kappa shape index (κ2) is 11.2. The van der Waals surface area contributed by atoms with Crippen molar-refractivity contribution in [3.05, 3.63) is 46.1 Å². The number of aromatic nitrogens is 3. The van der Waals surface area contributed by atoms with Crippen LogP contribution in [0.15, 0.2) is 28.9 Å². The van der Waals surface area contributed by atoms with Crippen molar-refractivity contribution >= 4 is 43.4 Å². The number of pyridine rings is 1. The van der Waals surface area contributed by atoms with Crippen LogP contribution in [0, 0.1) is 23.5 Å². The second-order valence-corrected chi connectivity index (χ2v) is 14.3. The smallest absolute Gasteiger partial charge is 0.319 e. The number of halogens is 4. The number of phenolic OH excluding ortho intramolecular Hbond substituents is 1. The first-order valence-electron chi connectivity index (χ1n) is 16.1. The van der Waals surface area contributed by atoms with E-state index in [9.17, 15) is 14.6 Å². The van der Waals surface area contributed by atoms with Crippen LogP contribution in [0.25, 0.3) is 32.9 Å². The van der Waals surface area contributed by atoms with Crippen molar-refractivity contribution in [1.29, 1.82) is 0 Å². The summed E-state index contributed by atoms with van der Waals surface area (Å²) in [6.45, 7) is 4.39. The molecule has 3 aliphatic heterocycles. The zero-order valence-corrected chi connectivity index (χ0v) is 27.0. The number of aromatic hydroxyl groups is 1. The average molecular weight is 699 g/mol. The van der Waals surface area contributed by atoms with E-state index in [1.165, 1.54) is 18.3 Å².